The van der Waals surface area contributed by atoms with E-state index in [0.717, 1.165) is 11.2 Å². The molecule has 1 heterocycles. The lowest BCUT2D eigenvalue weighted by molar-refractivity contribution is 0.630. The smallest absolute Gasteiger partial charge is 0.182 e. The number of nitrogens with zero attached hydrogens (tertiary/aromatic N) is 1. The molecule has 2 nitrogen and oxygen atoms in total. The predicted molar refractivity (Wildman–Crippen MR) is 87.5 cm³/mol. The van der Waals surface area contributed by atoms with Crippen LogP contribution in [0.2, 0.25) is 5.02 Å². The average Bonchev–Trinajstić information content (AvgIpc) is 2.74. The van der Waals surface area contributed by atoms with Gasteiger partial charge in [-0.25, -0.2) is 4.39 Å². The van der Waals surface area contributed by atoms with Crippen molar-refractivity contribution in [2.75, 3.05) is 0 Å². The van der Waals surface area contributed by atoms with E-state index in [1.807, 2.05) is 16.7 Å². The van der Waals surface area contributed by atoms with Crippen molar-refractivity contribution in [3.63, 3.8) is 0 Å². The van der Waals surface area contributed by atoms with Gasteiger partial charge in [0.05, 0.1) is 16.1 Å². The van der Waals surface area contributed by atoms with Crippen LogP contribution in [-0.4, -0.2) is 9.55 Å². The van der Waals surface area contributed by atoms with Gasteiger partial charge in [0.1, 0.15) is 5.82 Å². The molecule has 0 amide bonds. The van der Waals surface area contributed by atoms with Crippen LogP contribution in [0.4, 0.5) is 4.39 Å². The summed E-state index contributed by atoms with van der Waals surface area (Å²) in [5, 5.41) is 0.0882. The first-order chi connectivity index (χ1) is 9.97. The van der Waals surface area contributed by atoms with E-state index in [2.05, 4.69) is 31.0 Å². The normalized spacial score (nSPS) is 11.5. The first-order valence-electron chi connectivity index (χ1n) is 6.67. The number of hydrogen-bond acceptors (Lipinski definition) is 1. The molecule has 0 saturated heterocycles. The molecule has 0 radical (unpaired) electrons. The fraction of sp³-hybridized carbons (Fsp3) is 0.188. The number of halogens is 2. The number of aromatic amines is 1. The summed E-state index contributed by atoms with van der Waals surface area (Å²) < 4.78 is 16.0. The molecule has 2 aromatic carbocycles. The highest BCUT2D eigenvalue weighted by Gasteiger charge is 2.11. The maximum absolute atomic E-state index is 13.6. The topological polar surface area (TPSA) is 20.7 Å². The molecular formula is C16H14ClFN2S. The number of H-pyrrole nitrogens is 1. The van der Waals surface area contributed by atoms with Crippen molar-refractivity contribution < 1.29 is 4.39 Å². The SMILES string of the molecule is CC(C)c1cccc(-n2c(=S)[nH]c3cc(F)c(Cl)cc32)c1. The van der Waals surface area contributed by atoms with Crippen LogP contribution in [-0.2, 0) is 0 Å². The van der Waals surface area contributed by atoms with E-state index in [-0.39, 0.29) is 5.02 Å². The van der Waals surface area contributed by atoms with Gasteiger partial charge in [0.15, 0.2) is 4.77 Å². The van der Waals surface area contributed by atoms with E-state index < -0.39 is 5.82 Å². The average molecular weight is 321 g/mol. The zero-order chi connectivity index (χ0) is 15.1. The largest absolute Gasteiger partial charge is 0.330 e. The minimum atomic E-state index is -0.455. The summed E-state index contributed by atoms with van der Waals surface area (Å²) in [5.74, 6) is -0.0335. The van der Waals surface area contributed by atoms with Crippen molar-refractivity contribution in [1.82, 2.24) is 9.55 Å². The number of fused-ring (bicyclic) bond motifs is 1. The van der Waals surface area contributed by atoms with Crippen molar-refractivity contribution in [2.24, 2.45) is 0 Å². The second-order valence-electron chi connectivity index (χ2n) is 5.30. The first-order valence-corrected chi connectivity index (χ1v) is 7.46. The summed E-state index contributed by atoms with van der Waals surface area (Å²) in [6.45, 7) is 4.28. The van der Waals surface area contributed by atoms with Gasteiger partial charge < -0.3 is 4.98 Å². The van der Waals surface area contributed by atoms with Crippen LogP contribution in [0, 0.1) is 10.6 Å². The number of nitrogens with one attached hydrogen (secondary N) is 1. The highest BCUT2D eigenvalue weighted by atomic mass is 35.5. The molecule has 21 heavy (non-hydrogen) atoms. The molecule has 0 aliphatic heterocycles. The monoisotopic (exact) mass is 320 g/mol. The molecule has 3 aromatic rings. The first kappa shape index (κ1) is 14.3. The van der Waals surface area contributed by atoms with Gasteiger partial charge in [0.25, 0.3) is 0 Å². The zero-order valence-electron chi connectivity index (χ0n) is 11.7. The lowest BCUT2D eigenvalue weighted by atomic mass is 10.0. The molecule has 5 heteroatoms. The standard InChI is InChI=1S/C16H14ClFN2S/c1-9(2)10-4-3-5-11(6-10)20-15-7-12(17)13(18)8-14(15)19-16(20)21/h3-9H,1-2H3,(H,19,21). The summed E-state index contributed by atoms with van der Waals surface area (Å²) in [4.78, 5) is 3.02. The number of imidazole rings is 1. The molecule has 1 N–H and O–H groups in total. The van der Waals surface area contributed by atoms with Gasteiger partial charge in [-0.15, -0.1) is 0 Å². The Labute approximate surface area is 132 Å². The fourth-order valence-electron chi connectivity index (χ4n) is 2.38. The number of benzene rings is 2. The van der Waals surface area contributed by atoms with E-state index in [0.29, 0.717) is 16.2 Å². The molecule has 0 bridgehead atoms. The molecule has 1 aromatic heterocycles. The van der Waals surface area contributed by atoms with Crippen LogP contribution in [0.5, 0.6) is 0 Å². The third kappa shape index (κ3) is 2.49. The van der Waals surface area contributed by atoms with Crippen LogP contribution in [0.1, 0.15) is 25.3 Å². The van der Waals surface area contributed by atoms with Gasteiger partial charge in [-0.1, -0.05) is 37.6 Å². The van der Waals surface area contributed by atoms with Crippen LogP contribution in [0.15, 0.2) is 36.4 Å². The lowest BCUT2D eigenvalue weighted by Gasteiger charge is -2.10. The van der Waals surface area contributed by atoms with Crippen LogP contribution < -0.4 is 0 Å². The number of rotatable bonds is 2. The Balaban J connectivity index is 2.30. The van der Waals surface area contributed by atoms with E-state index >= 15 is 0 Å². The molecule has 0 atom stereocenters. The Hall–Kier alpha value is -1.65. The molecule has 0 unspecified atom stereocenters. The van der Waals surface area contributed by atoms with Crippen LogP contribution >= 0.6 is 23.8 Å². The highest BCUT2D eigenvalue weighted by Crippen LogP contribution is 2.26. The van der Waals surface area contributed by atoms with Crippen molar-refractivity contribution >= 4 is 34.9 Å². The zero-order valence-corrected chi connectivity index (χ0v) is 13.2. The van der Waals surface area contributed by atoms with E-state index in [9.17, 15) is 4.39 Å². The van der Waals surface area contributed by atoms with Gasteiger partial charge in [0.2, 0.25) is 0 Å². The molecule has 0 saturated carbocycles. The minimum Gasteiger partial charge on any atom is -0.330 e. The van der Waals surface area contributed by atoms with Gasteiger partial charge in [-0.3, -0.25) is 4.57 Å². The van der Waals surface area contributed by atoms with Crippen LogP contribution in [0.25, 0.3) is 16.7 Å². The molecule has 0 aliphatic carbocycles. The third-order valence-electron chi connectivity index (χ3n) is 3.52. The summed E-state index contributed by atoms with van der Waals surface area (Å²) in [7, 11) is 0. The number of aromatic nitrogens is 2. The van der Waals surface area contributed by atoms with Gasteiger partial charge >= 0.3 is 0 Å². The predicted octanol–water partition coefficient (Wildman–Crippen LogP) is 5.60. The summed E-state index contributed by atoms with van der Waals surface area (Å²) in [6, 6.07) is 11.1. The highest BCUT2D eigenvalue weighted by molar-refractivity contribution is 7.71. The maximum Gasteiger partial charge on any atom is 0.182 e. The Kier molecular flexibility index (Phi) is 3.59. The summed E-state index contributed by atoms with van der Waals surface area (Å²) >= 11 is 11.3. The Morgan fingerprint density at radius 1 is 1.24 bits per heavy atom. The Bertz CT molecular complexity index is 880. The molecule has 0 aliphatic rings. The number of hydrogen-bond donors (Lipinski definition) is 1. The molecule has 0 spiro atoms. The molecular weight excluding hydrogens is 307 g/mol. The molecule has 3 rings (SSSR count). The van der Waals surface area contributed by atoms with E-state index in [1.54, 1.807) is 6.07 Å². The molecule has 0 fully saturated rings. The van der Waals surface area contributed by atoms with Gasteiger partial charge in [-0.2, -0.15) is 0 Å². The summed E-state index contributed by atoms with van der Waals surface area (Å²) in [5.41, 5.74) is 3.57. The quantitative estimate of drug-likeness (QED) is 0.609. The minimum absolute atomic E-state index is 0.0882. The Morgan fingerprint density at radius 2 is 2.00 bits per heavy atom. The molecule has 108 valence electrons. The Morgan fingerprint density at radius 3 is 2.71 bits per heavy atom. The second-order valence-corrected chi connectivity index (χ2v) is 6.09. The van der Waals surface area contributed by atoms with Gasteiger partial charge in [0, 0.05) is 11.8 Å². The van der Waals surface area contributed by atoms with Crippen LogP contribution in [0.3, 0.4) is 0 Å². The third-order valence-corrected chi connectivity index (χ3v) is 4.09. The second kappa shape index (κ2) is 5.28. The fourth-order valence-corrected chi connectivity index (χ4v) is 2.85. The summed E-state index contributed by atoms with van der Waals surface area (Å²) in [6.07, 6.45) is 0. The lowest BCUT2D eigenvalue weighted by Crippen LogP contribution is -1.96. The van der Waals surface area contributed by atoms with Crippen molar-refractivity contribution in [3.05, 3.63) is 57.6 Å². The van der Waals surface area contributed by atoms with Crippen molar-refractivity contribution in [2.45, 2.75) is 19.8 Å². The van der Waals surface area contributed by atoms with Crippen molar-refractivity contribution in [3.8, 4) is 5.69 Å². The maximum atomic E-state index is 13.6. The van der Waals surface area contributed by atoms with E-state index in [4.69, 9.17) is 23.8 Å². The van der Waals surface area contributed by atoms with E-state index in [1.165, 1.54) is 11.6 Å². The van der Waals surface area contributed by atoms with Crippen molar-refractivity contribution in [1.29, 1.82) is 0 Å². The van der Waals surface area contributed by atoms with Gasteiger partial charge in [-0.05, 0) is 41.9 Å².